The Labute approximate surface area is 106 Å². The zero-order valence-electron chi connectivity index (χ0n) is 10.4. The van der Waals surface area contributed by atoms with Crippen LogP contribution in [0.2, 0.25) is 0 Å². The molecule has 4 nitrogen and oxygen atoms in total. The lowest BCUT2D eigenvalue weighted by atomic mass is 10.2. The van der Waals surface area contributed by atoms with Gasteiger partial charge in [-0.2, -0.15) is 5.26 Å². The van der Waals surface area contributed by atoms with Crippen molar-refractivity contribution in [2.24, 2.45) is 0 Å². The van der Waals surface area contributed by atoms with E-state index in [-0.39, 0.29) is 0 Å². The lowest BCUT2D eigenvalue weighted by Gasteiger charge is -2.19. The normalized spacial score (nSPS) is 9.83. The molecule has 0 saturated carbocycles. The lowest BCUT2D eigenvalue weighted by molar-refractivity contribution is 1.09. The highest BCUT2D eigenvalue weighted by atomic mass is 15.2. The fourth-order valence-corrected chi connectivity index (χ4v) is 1.66. The van der Waals surface area contributed by atoms with Crippen molar-refractivity contribution in [2.75, 3.05) is 17.7 Å². The predicted octanol–water partition coefficient (Wildman–Crippen LogP) is 2.61. The minimum Gasteiger partial charge on any atom is -0.397 e. The minimum absolute atomic E-state index is 0.631. The van der Waals surface area contributed by atoms with Gasteiger partial charge in [-0.3, -0.25) is 0 Å². The van der Waals surface area contributed by atoms with Gasteiger partial charge in [0.25, 0.3) is 0 Å². The number of nitrogens with zero attached hydrogens (tertiary/aromatic N) is 3. The third-order valence-electron chi connectivity index (χ3n) is 2.82. The van der Waals surface area contributed by atoms with Crippen molar-refractivity contribution >= 4 is 17.2 Å². The number of aromatic nitrogens is 1. The number of hydrogen-bond donors (Lipinski definition) is 1. The second kappa shape index (κ2) is 4.76. The van der Waals surface area contributed by atoms with E-state index < -0.39 is 0 Å². The SMILES string of the molecule is Cc1nc(N(C)c2cccc(C#N)c2)ccc1N. The lowest BCUT2D eigenvalue weighted by Crippen LogP contribution is -2.12. The highest BCUT2D eigenvalue weighted by Gasteiger charge is 2.07. The number of hydrogen-bond acceptors (Lipinski definition) is 4. The number of aryl methyl sites for hydroxylation is 1. The highest BCUT2D eigenvalue weighted by Crippen LogP contribution is 2.24. The molecule has 18 heavy (non-hydrogen) atoms. The Morgan fingerprint density at radius 2 is 2.06 bits per heavy atom. The standard InChI is InChI=1S/C14H14N4/c1-10-13(16)6-7-14(17-10)18(2)12-5-3-4-11(8-12)9-15/h3-8H,16H2,1-2H3. The second-order valence-corrected chi connectivity index (χ2v) is 4.07. The number of nitrogen functional groups attached to an aromatic ring is 1. The van der Waals surface area contributed by atoms with Crippen LogP contribution in [0.25, 0.3) is 0 Å². The molecule has 1 aromatic heterocycles. The molecule has 4 heteroatoms. The molecule has 0 amide bonds. The molecule has 0 atom stereocenters. The van der Waals surface area contributed by atoms with Crippen LogP contribution in [0.15, 0.2) is 36.4 Å². The number of nitriles is 1. The Balaban J connectivity index is 2.38. The van der Waals surface area contributed by atoms with E-state index in [1.54, 1.807) is 6.07 Å². The minimum atomic E-state index is 0.631. The molecule has 0 saturated heterocycles. The van der Waals surface area contributed by atoms with E-state index in [1.165, 1.54) is 0 Å². The van der Waals surface area contributed by atoms with Crippen LogP contribution in [0.4, 0.5) is 17.2 Å². The molecule has 2 N–H and O–H groups in total. The molecule has 0 aliphatic rings. The summed E-state index contributed by atoms with van der Waals surface area (Å²) in [6.45, 7) is 1.87. The van der Waals surface area contributed by atoms with Crippen LogP contribution in [-0.4, -0.2) is 12.0 Å². The molecule has 0 aliphatic heterocycles. The van der Waals surface area contributed by atoms with Crippen molar-refractivity contribution in [1.82, 2.24) is 4.98 Å². The van der Waals surface area contributed by atoms with E-state index in [1.807, 2.05) is 49.2 Å². The first-order valence-corrected chi connectivity index (χ1v) is 5.59. The summed E-state index contributed by atoms with van der Waals surface area (Å²) in [5, 5.41) is 8.89. The van der Waals surface area contributed by atoms with E-state index >= 15 is 0 Å². The Kier molecular flexibility index (Phi) is 3.16. The summed E-state index contributed by atoms with van der Waals surface area (Å²) in [7, 11) is 1.91. The summed E-state index contributed by atoms with van der Waals surface area (Å²) in [6, 6.07) is 13.2. The fraction of sp³-hybridized carbons (Fsp3) is 0.143. The van der Waals surface area contributed by atoms with Gasteiger partial charge in [0.1, 0.15) is 5.82 Å². The van der Waals surface area contributed by atoms with Gasteiger partial charge in [0, 0.05) is 12.7 Å². The van der Waals surface area contributed by atoms with Gasteiger partial charge in [-0.05, 0) is 37.3 Å². The van der Waals surface area contributed by atoms with Crippen molar-refractivity contribution in [1.29, 1.82) is 5.26 Å². The van der Waals surface area contributed by atoms with Gasteiger partial charge in [-0.15, -0.1) is 0 Å². The molecule has 1 heterocycles. The summed E-state index contributed by atoms with van der Waals surface area (Å²) in [5.74, 6) is 0.803. The van der Waals surface area contributed by atoms with Gasteiger partial charge < -0.3 is 10.6 Å². The zero-order valence-corrected chi connectivity index (χ0v) is 10.4. The summed E-state index contributed by atoms with van der Waals surface area (Å²) in [6.07, 6.45) is 0. The molecular weight excluding hydrogens is 224 g/mol. The van der Waals surface area contributed by atoms with Gasteiger partial charge in [0.15, 0.2) is 0 Å². The van der Waals surface area contributed by atoms with Gasteiger partial charge >= 0.3 is 0 Å². The summed E-state index contributed by atoms with van der Waals surface area (Å²) < 4.78 is 0. The van der Waals surface area contributed by atoms with Gasteiger partial charge in [-0.1, -0.05) is 6.07 Å². The molecule has 0 bridgehead atoms. The maximum atomic E-state index is 8.89. The molecule has 0 spiro atoms. The predicted molar refractivity (Wildman–Crippen MR) is 72.6 cm³/mol. The smallest absolute Gasteiger partial charge is 0.133 e. The first kappa shape index (κ1) is 11.9. The Morgan fingerprint density at radius 3 is 2.72 bits per heavy atom. The Hall–Kier alpha value is -2.54. The van der Waals surface area contributed by atoms with E-state index in [9.17, 15) is 0 Å². The molecule has 2 aromatic rings. The monoisotopic (exact) mass is 238 g/mol. The van der Waals surface area contributed by atoms with Gasteiger partial charge in [0.2, 0.25) is 0 Å². The third-order valence-corrected chi connectivity index (χ3v) is 2.82. The Morgan fingerprint density at radius 1 is 1.28 bits per heavy atom. The van der Waals surface area contributed by atoms with E-state index in [2.05, 4.69) is 11.1 Å². The fourth-order valence-electron chi connectivity index (χ4n) is 1.66. The van der Waals surface area contributed by atoms with Crippen LogP contribution < -0.4 is 10.6 Å². The summed E-state index contributed by atoms with van der Waals surface area (Å²) >= 11 is 0. The van der Waals surface area contributed by atoms with Crippen molar-refractivity contribution in [3.05, 3.63) is 47.7 Å². The average Bonchev–Trinajstić information content (AvgIpc) is 2.41. The maximum Gasteiger partial charge on any atom is 0.133 e. The second-order valence-electron chi connectivity index (χ2n) is 4.07. The number of anilines is 3. The molecule has 0 radical (unpaired) electrons. The molecule has 1 aromatic carbocycles. The molecule has 0 aliphatic carbocycles. The van der Waals surface area contributed by atoms with Crippen molar-refractivity contribution < 1.29 is 0 Å². The molecule has 0 fully saturated rings. The first-order chi connectivity index (χ1) is 8.61. The molecule has 90 valence electrons. The van der Waals surface area contributed by atoms with E-state index in [0.29, 0.717) is 11.3 Å². The van der Waals surface area contributed by atoms with E-state index in [4.69, 9.17) is 11.0 Å². The van der Waals surface area contributed by atoms with Crippen LogP contribution in [0.3, 0.4) is 0 Å². The third kappa shape index (κ3) is 2.25. The number of benzene rings is 1. The Bertz CT molecular complexity index is 613. The number of pyridine rings is 1. The highest BCUT2D eigenvalue weighted by molar-refractivity contribution is 5.62. The average molecular weight is 238 g/mol. The maximum absolute atomic E-state index is 8.89. The number of nitrogens with two attached hydrogens (primary N) is 1. The summed E-state index contributed by atoms with van der Waals surface area (Å²) in [5.41, 5.74) is 8.78. The molecular formula is C14H14N4. The van der Waals surface area contributed by atoms with Crippen molar-refractivity contribution in [3.63, 3.8) is 0 Å². The summed E-state index contributed by atoms with van der Waals surface area (Å²) in [4.78, 5) is 6.35. The zero-order chi connectivity index (χ0) is 13.1. The van der Waals surface area contributed by atoms with Gasteiger partial charge in [0.05, 0.1) is 23.0 Å². The molecule has 0 unspecified atom stereocenters. The van der Waals surface area contributed by atoms with Crippen LogP contribution in [0, 0.1) is 18.3 Å². The van der Waals surface area contributed by atoms with Gasteiger partial charge in [-0.25, -0.2) is 4.98 Å². The topological polar surface area (TPSA) is 65.9 Å². The van der Waals surface area contributed by atoms with Crippen LogP contribution in [-0.2, 0) is 0 Å². The van der Waals surface area contributed by atoms with Crippen LogP contribution >= 0.6 is 0 Å². The quantitative estimate of drug-likeness (QED) is 0.873. The van der Waals surface area contributed by atoms with Crippen molar-refractivity contribution in [2.45, 2.75) is 6.92 Å². The van der Waals surface area contributed by atoms with Crippen molar-refractivity contribution in [3.8, 4) is 6.07 Å². The number of rotatable bonds is 2. The first-order valence-electron chi connectivity index (χ1n) is 5.59. The largest absolute Gasteiger partial charge is 0.397 e. The molecule has 2 rings (SSSR count). The van der Waals surface area contributed by atoms with E-state index in [0.717, 1.165) is 17.2 Å². The van der Waals surface area contributed by atoms with Crippen LogP contribution in [0.5, 0.6) is 0 Å². The van der Waals surface area contributed by atoms with Crippen LogP contribution in [0.1, 0.15) is 11.3 Å².